The van der Waals surface area contributed by atoms with Gasteiger partial charge in [0.15, 0.2) is 0 Å². The van der Waals surface area contributed by atoms with Crippen molar-refractivity contribution in [1.29, 1.82) is 0 Å². The summed E-state index contributed by atoms with van der Waals surface area (Å²) in [6.45, 7) is 4.77. The molecule has 0 bridgehead atoms. The number of rotatable bonds is 6. The van der Waals surface area contributed by atoms with Crippen LogP contribution < -0.4 is 9.47 Å². The SMILES string of the molecule is COc1cc2c(c(CN(C)CCn3cccn3)c1)OC(C)C2. The third kappa shape index (κ3) is 3.25. The van der Waals surface area contributed by atoms with Crippen LogP contribution in [-0.4, -0.2) is 41.5 Å². The lowest BCUT2D eigenvalue weighted by molar-refractivity contribution is 0.245. The zero-order valence-corrected chi connectivity index (χ0v) is 13.5. The van der Waals surface area contributed by atoms with Gasteiger partial charge in [0.25, 0.3) is 0 Å². The Hall–Kier alpha value is -2.01. The molecule has 5 nitrogen and oxygen atoms in total. The molecule has 0 saturated heterocycles. The highest BCUT2D eigenvalue weighted by Gasteiger charge is 2.23. The third-order valence-electron chi connectivity index (χ3n) is 3.99. The molecule has 2 aromatic rings. The van der Waals surface area contributed by atoms with Crippen molar-refractivity contribution in [1.82, 2.24) is 14.7 Å². The number of nitrogens with zero attached hydrogens (tertiary/aromatic N) is 3. The van der Waals surface area contributed by atoms with Crippen molar-refractivity contribution >= 4 is 0 Å². The van der Waals surface area contributed by atoms with Crippen LogP contribution in [0, 0.1) is 0 Å². The van der Waals surface area contributed by atoms with Crippen LogP contribution in [-0.2, 0) is 19.5 Å². The summed E-state index contributed by atoms with van der Waals surface area (Å²) < 4.78 is 13.4. The number of fused-ring (bicyclic) bond motifs is 1. The van der Waals surface area contributed by atoms with Gasteiger partial charge in [-0.05, 0) is 32.2 Å². The van der Waals surface area contributed by atoms with Gasteiger partial charge in [0, 0.05) is 43.0 Å². The minimum atomic E-state index is 0.246. The van der Waals surface area contributed by atoms with Crippen molar-refractivity contribution in [2.24, 2.45) is 0 Å². The first-order chi connectivity index (χ1) is 10.7. The standard InChI is InChI=1S/C17H23N3O2/c1-13-9-14-10-16(21-3)11-15(17(14)22-13)12-19(2)7-8-20-6-4-5-18-20/h4-6,10-11,13H,7-9,12H2,1-3H3. The summed E-state index contributed by atoms with van der Waals surface area (Å²) in [5.74, 6) is 1.95. The zero-order chi connectivity index (χ0) is 15.5. The first-order valence-electron chi connectivity index (χ1n) is 7.68. The van der Waals surface area contributed by atoms with Crippen LogP contribution in [0.3, 0.4) is 0 Å². The van der Waals surface area contributed by atoms with Gasteiger partial charge in [-0.3, -0.25) is 4.68 Å². The van der Waals surface area contributed by atoms with E-state index in [-0.39, 0.29) is 6.10 Å². The van der Waals surface area contributed by atoms with Gasteiger partial charge >= 0.3 is 0 Å². The van der Waals surface area contributed by atoms with Crippen LogP contribution in [0.2, 0.25) is 0 Å². The molecule has 0 fully saturated rings. The molecule has 2 heterocycles. The second kappa shape index (κ2) is 6.40. The Morgan fingerprint density at radius 1 is 1.45 bits per heavy atom. The van der Waals surface area contributed by atoms with E-state index in [9.17, 15) is 0 Å². The number of ether oxygens (including phenoxy) is 2. The van der Waals surface area contributed by atoms with Crippen molar-refractivity contribution in [2.45, 2.75) is 32.5 Å². The molecule has 0 aliphatic carbocycles. The highest BCUT2D eigenvalue weighted by molar-refractivity contribution is 5.49. The maximum absolute atomic E-state index is 5.99. The number of hydrogen-bond donors (Lipinski definition) is 0. The molecule has 0 saturated carbocycles. The van der Waals surface area contributed by atoms with Crippen LogP contribution in [0.5, 0.6) is 11.5 Å². The summed E-state index contributed by atoms with van der Waals surface area (Å²) in [6, 6.07) is 6.12. The van der Waals surface area contributed by atoms with Gasteiger partial charge in [-0.1, -0.05) is 0 Å². The fourth-order valence-corrected chi connectivity index (χ4v) is 2.89. The molecule has 118 valence electrons. The van der Waals surface area contributed by atoms with Crippen molar-refractivity contribution in [2.75, 3.05) is 20.7 Å². The summed E-state index contributed by atoms with van der Waals surface area (Å²) in [4.78, 5) is 2.28. The number of benzene rings is 1. The topological polar surface area (TPSA) is 39.5 Å². The Labute approximate surface area is 131 Å². The molecule has 0 spiro atoms. The molecule has 5 heteroatoms. The third-order valence-corrected chi connectivity index (χ3v) is 3.99. The molecule has 0 N–H and O–H groups in total. The minimum Gasteiger partial charge on any atom is -0.497 e. The number of hydrogen-bond acceptors (Lipinski definition) is 4. The van der Waals surface area contributed by atoms with Crippen molar-refractivity contribution in [3.63, 3.8) is 0 Å². The first kappa shape index (κ1) is 14.9. The van der Waals surface area contributed by atoms with Crippen LogP contribution in [0.25, 0.3) is 0 Å². The summed E-state index contributed by atoms with van der Waals surface area (Å²) in [5.41, 5.74) is 2.45. The normalized spacial score (nSPS) is 16.6. The molecule has 1 aromatic carbocycles. The monoisotopic (exact) mass is 301 g/mol. The van der Waals surface area contributed by atoms with E-state index < -0.39 is 0 Å². The smallest absolute Gasteiger partial charge is 0.127 e. The van der Waals surface area contributed by atoms with Crippen LogP contribution in [0.1, 0.15) is 18.1 Å². The fraction of sp³-hybridized carbons (Fsp3) is 0.471. The zero-order valence-electron chi connectivity index (χ0n) is 13.5. The average Bonchev–Trinajstić information content (AvgIpc) is 3.13. The molecule has 1 aliphatic rings. The molecular weight excluding hydrogens is 278 g/mol. The van der Waals surface area contributed by atoms with Crippen molar-refractivity contribution in [3.05, 3.63) is 41.7 Å². The van der Waals surface area contributed by atoms with Gasteiger partial charge < -0.3 is 14.4 Å². The van der Waals surface area contributed by atoms with E-state index in [1.807, 2.05) is 23.1 Å². The quantitative estimate of drug-likeness (QED) is 0.821. The molecule has 0 amide bonds. The van der Waals surface area contributed by atoms with Gasteiger partial charge in [-0.2, -0.15) is 5.10 Å². The molecule has 22 heavy (non-hydrogen) atoms. The van der Waals surface area contributed by atoms with Crippen molar-refractivity contribution in [3.8, 4) is 11.5 Å². The Kier molecular flexibility index (Phi) is 4.34. The largest absolute Gasteiger partial charge is 0.497 e. The fourth-order valence-electron chi connectivity index (χ4n) is 2.89. The molecule has 1 unspecified atom stereocenters. The molecule has 1 aromatic heterocycles. The van der Waals surface area contributed by atoms with E-state index in [2.05, 4.69) is 36.1 Å². The minimum absolute atomic E-state index is 0.246. The maximum atomic E-state index is 5.99. The number of likely N-dealkylation sites (N-methyl/N-ethyl adjacent to an activating group) is 1. The lowest BCUT2D eigenvalue weighted by Gasteiger charge is -2.19. The highest BCUT2D eigenvalue weighted by atomic mass is 16.5. The summed E-state index contributed by atoms with van der Waals surface area (Å²) in [7, 11) is 3.83. The van der Waals surface area contributed by atoms with E-state index >= 15 is 0 Å². The number of methoxy groups -OCH3 is 1. The van der Waals surface area contributed by atoms with Crippen LogP contribution in [0.15, 0.2) is 30.6 Å². The molecule has 1 aliphatic heterocycles. The molecule has 1 atom stereocenters. The van der Waals surface area contributed by atoms with E-state index in [4.69, 9.17) is 9.47 Å². The van der Waals surface area contributed by atoms with E-state index in [0.717, 1.165) is 37.6 Å². The predicted molar refractivity (Wildman–Crippen MR) is 85.3 cm³/mol. The average molecular weight is 301 g/mol. The Morgan fingerprint density at radius 2 is 2.32 bits per heavy atom. The summed E-state index contributed by atoms with van der Waals surface area (Å²) in [5, 5.41) is 4.24. The van der Waals surface area contributed by atoms with E-state index in [0.29, 0.717) is 0 Å². The number of aromatic nitrogens is 2. The van der Waals surface area contributed by atoms with Gasteiger partial charge in [0.2, 0.25) is 0 Å². The van der Waals surface area contributed by atoms with E-state index in [1.54, 1.807) is 7.11 Å². The second-order valence-electron chi connectivity index (χ2n) is 5.91. The molecular formula is C17H23N3O2. The Bertz CT molecular complexity index is 625. The Morgan fingerprint density at radius 3 is 3.05 bits per heavy atom. The predicted octanol–water partition coefficient (Wildman–Crippen LogP) is 2.35. The van der Waals surface area contributed by atoms with Gasteiger partial charge in [0.1, 0.15) is 17.6 Å². The molecule has 0 radical (unpaired) electrons. The molecule has 3 rings (SSSR count). The summed E-state index contributed by atoms with van der Waals surface area (Å²) in [6.07, 6.45) is 5.00. The second-order valence-corrected chi connectivity index (χ2v) is 5.91. The van der Waals surface area contributed by atoms with Gasteiger partial charge in [-0.15, -0.1) is 0 Å². The maximum Gasteiger partial charge on any atom is 0.127 e. The van der Waals surface area contributed by atoms with Crippen LogP contribution in [0.4, 0.5) is 0 Å². The van der Waals surface area contributed by atoms with Gasteiger partial charge in [0.05, 0.1) is 13.7 Å². The Balaban J connectivity index is 1.70. The van der Waals surface area contributed by atoms with E-state index in [1.165, 1.54) is 11.1 Å². The van der Waals surface area contributed by atoms with Gasteiger partial charge in [-0.25, -0.2) is 0 Å². The van der Waals surface area contributed by atoms with Crippen molar-refractivity contribution < 1.29 is 9.47 Å². The lowest BCUT2D eigenvalue weighted by atomic mass is 10.1. The lowest BCUT2D eigenvalue weighted by Crippen LogP contribution is -2.23. The first-order valence-corrected chi connectivity index (χ1v) is 7.68. The summed E-state index contributed by atoms with van der Waals surface area (Å²) >= 11 is 0. The highest BCUT2D eigenvalue weighted by Crippen LogP contribution is 2.36. The van der Waals surface area contributed by atoms with Crippen LogP contribution >= 0.6 is 0 Å².